The Labute approximate surface area is 135 Å². The molecule has 22 heavy (non-hydrogen) atoms. The number of benzene rings is 1. The number of nitrogens with zero attached hydrogens (tertiary/aromatic N) is 2. The second-order valence-corrected chi connectivity index (χ2v) is 7.25. The van der Waals surface area contributed by atoms with E-state index in [2.05, 4.69) is 26.2 Å². The van der Waals surface area contributed by atoms with E-state index in [-0.39, 0.29) is 17.9 Å². The lowest BCUT2D eigenvalue weighted by atomic mass is 9.93. The third kappa shape index (κ3) is 4.07. The number of carbonyl (C=O) groups is 1. The average Bonchev–Trinajstić information content (AvgIpc) is 2.95. The molecule has 0 saturated carbocycles. The van der Waals surface area contributed by atoms with Crippen molar-refractivity contribution in [3.05, 3.63) is 35.3 Å². The fraction of sp³-hybridized carbons (Fsp3) is 0.412. The molecule has 0 saturated heterocycles. The molecule has 118 valence electrons. The molecule has 2 rings (SSSR count). The molecule has 0 bridgehead atoms. The highest BCUT2D eigenvalue weighted by atomic mass is 32.1. The number of likely N-dealkylation sites (N-methyl/N-ethyl adjacent to an activating group) is 1. The van der Waals surface area contributed by atoms with Gasteiger partial charge >= 0.3 is 0 Å². The van der Waals surface area contributed by atoms with Crippen LogP contribution in [0.15, 0.2) is 29.6 Å². The molecule has 0 fully saturated rings. The predicted octanol–water partition coefficient (Wildman–Crippen LogP) is 3.57. The zero-order valence-corrected chi connectivity index (χ0v) is 14.5. The molecular weight excluding hydrogens is 296 g/mol. The molecule has 4 nitrogen and oxygen atoms in total. The first-order valence-electron chi connectivity index (χ1n) is 7.17. The van der Waals surface area contributed by atoms with E-state index in [4.69, 9.17) is 9.72 Å². The van der Waals surface area contributed by atoms with Gasteiger partial charge in [0, 0.05) is 30.5 Å². The Kier molecular flexibility index (Phi) is 4.86. The van der Waals surface area contributed by atoms with Crippen molar-refractivity contribution < 1.29 is 9.53 Å². The van der Waals surface area contributed by atoms with Gasteiger partial charge in [0.05, 0.1) is 5.69 Å². The summed E-state index contributed by atoms with van der Waals surface area (Å²) in [5, 5.41) is 3.11. The van der Waals surface area contributed by atoms with E-state index < -0.39 is 0 Å². The average molecular weight is 318 g/mol. The summed E-state index contributed by atoms with van der Waals surface area (Å²) in [4.78, 5) is 17.7. The number of thiazole rings is 1. The smallest absolute Gasteiger partial charge is 0.259 e. The molecule has 1 aromatic carbocycles. The summed E-state index contributed by atoms with van der Waals surface area (Å²) in [5.74, 6) is 0.630. The molecule has 1 amide bonds. The van der Waals surface area contributed by atoms with Crippen molar-refractivity contribution in [3.63, 3.8) is 0 Å². The maximum Gasteiger partial charge on any atom is 0.259 e. The van der Waals surface area contributed by atoms with Crippen molar-refractivity contribution in [3.8, 4) is 16.3 Å². The summed E-state index contributed by atoms with van der Waals surface area (Å²) in [6, 6.07) is 7.69. The van der Waals surface area contributed by atoms with Crippen LogP contribution in [0.25, 0.3) is 10.6 Å². The zero-order valence-electron chi connectivity index (χ0n) is 13.7. The van der Waals surface area contributed by atoms with Crippen molar-refractivity contribution in [1.29, 1.82) is 0 Å². The molecule has 0 atom stereocenters. The summed E-state index contributed by atoms with van der Waals surface area (Å²) < 4.78 is 5.47. The van der Waals surface area contributed by atoms with E-state index in [1.54, 1.807) is 25.4 Å². The van der Waals surface area contributed by atoms with E-state index in [1.807, 2.05) is 24.3 Å². The third-order valence-electron chi connectivity index (χ3n) is 3.23. The Hall–Kier alpha value is -1.88. The van der Waals surface area contributed by atoms with Gasteiger partial charge < -0.3 is 9.64 Å². The maximum atomic E-state index is 11.5. The van der Waals surface area contributed by atoms with E-state index in [9.17, 15) is 4.79 Å². The highest BCUT2D eigenvalue weighted by molar-refractivity contribution is 7.13. The number of hydrogen-bond acceptors (Lipinski definition) is 4. The Bertz CT molecular complexity index is 639. The van der Waals surface area contributed by atoms with Crippen LogP contribution in [0.2, 0.25) is 0 Å². The summed E-state index contributed by atoms with van der Waals surface area (Å²) in [6.07, 6.45) is 0. The van der Waals surface area contributed by atoms with E-state index in [0.717, 1.165) is 16.3 Å². The molecule has 0 N–H and O–H groups in total. The van der Waals surface area contributed by atoms with Crippen LogP contribution in [0, 0.1) is 0 Å². The van der Waals surface area contributed by atoms with Crippen molar-refractivity contribution in [2.45, 2.75) is 26.2 Å². The SMILES string of the molecule is CN(C)C(=O)COc1ccc(-c2nc(C(C)(C)C)cs2)cc1. The van der Waals surface area contributed by atoms with Crippen molar-refractivity contribution >= 4 is 17.2 Å². The Morgan fingerprint density at radius 2 is 1.86 bits per heavy atom. The zero-order chi connectivity index (χ0) is 16.3. The van der Waals surface area contributed by atoms with Gasteiger partial charge in [-0.15, -0.1) is 11.3 Å². The number of ether oxygens (including phenoxy) is 1. The molecule has 0 aliphatic carbocycles. The van der Waals surface area contributed by atoms with Crippen LogP contribution in [-0.2, 0) is 10.2 Å². The lowest BCUT2D eigenvalue weighted by Crippen LogP contribution is -2.27. The van der Waals surface area contributed by atoms with Crippen LogP contribution < -0.4 is 4.74 Å². The van der Waals surface area contributed by atoms with Gasteiger partial charge in [-0.05, 0) is 24.3 Å². The van der Waals surface area contributed by atoms with Gasteiger partial charge in [0.2, 0.25) is 0 Å². The highest BCUT2D eigenvalue weighted by Gasteiger charge is 2.17. The van der Waals surface area contributed by atoms with E-state index in [0.29, 0.717) is 5.75 Å². The standard InChI is InChI=1S/C17H22N2O2S/c1-17(2,3)14-11-22-16(18-14)12-6-8-13(9-7-12)21-10-15(20)19(4)5/h6-9,11H,10H2,1-5H3. The van der Waals surface area contributed by atoms with Gasteiger partial charge in [-0.3, -0.25) is 4.79 Å². The topological polar surface area (TPSA) is 42.4 Å². The fourth-order valence-corrected chi connectivity index (χ4v) is 2.77. The lowest BCUT2D eigenvalue weighted by molar-refractivity contribution is -0.130. The number of carbonyl (C=O) groups excluding carboxylic acids is 1. The molecule has 0 spiro atoms. The fourth-order valence-electron chi connectivity index (χ4n) is 1.72. The summed E-state index contributed by atoms with van der Waals surface area (Å²) >= 11 is 1.64. The van der Waals surface area contributed by atoms with Gasteiger partial charge in [-0.2, -0.15) is 0 Å². The highest BCUT2D eigenvalue weighted by Crippen LogP contribution is 2.30. The largest absolute Gasteiger partial charge is 0.484 e. The number of hydrogen-bond donors (Lipinski definition) is 0. The van der Waals surface area contributed by atoms with Crippen LogP contribution in [-0.4, -0.2) is 36.5 Å². The summed E-state index contributed by atoms with van der Waals surface area (Å²) in [5.41, 5.74) is 2.22. The first-order valence-corrected chi connectivity index (χ1v) is 8.05. The monoisotopic (exact) mass is 318 g/mol. The summed E-state index contributed by atoms with van der Waals surface area (Å²) in [7, 11) is 3.42. The molecule has 1 aromatic heterocycles. The molecule has 0 radical (unpaired) electrons. The number of amides is 1. The first-order chi connectivity index (χ1) is 10.3. The normalized spacial score (nSPS) is 11.3. The van der Waals surface area contributed by atoms with Gasteiger partial charge in [-0.1, -0.05) is 20.8 Å². The first kappa shape index (κ1) is 16.5. The molecular formula is C17H22N2O2S. The molecule has 5 heteroatoms. The van der Waals surface area contributed by atoms with Gasteiger partial charge in [-0.25, -0.2) is 4.98 Å². The minimum Gasteiger partial charge on any atom is -0.484 e. The number of rotatable bonds is 4. The predicted molar refractivity (Wildman–Crippen MR) is 90.4 cm³/mol. The second-order valence-electron chi connectivity index (χ2n) is 6.39. The number of aromatic nitrogens is 1. The lowest BCUT2D eigenvalue weighted by Gasteiger charge is -2.14. The van der Waals surface area contributed by atoms with Crippen LogP contribution >= 0.6 is 11.3 Å². The van der Waals surface area contributed by atoms with E-state index >= 15 is 0 Å². The maximum absolute atomic E-state index is 11.5. The third-order valence-corrected chi connectivity index (χ3v) is 4.13. The van der Waals surface area contributed by atoms with Crippen molar-refractivity contribution in [1.82, 2.24) is 9.88 Å². The van der Waals surface area contributed by atoms with Crippen molar-refractivity contribution in [2.24, 2.45) is 0 Å². The molecule has 1 heterocycles. The van der Waals surface area contributed by atoms with Crippen LogP contribution in [0.3, 0.4) is 0 Å². The Morgan fingerprint density at radius 3 is 2.36 bits per heavy atom. The quantitative estimate of drug-likeness (QED) is 0.865. The second kappa shape index (κ2) is 6.48. The Morgan fingerprint density at radius 1 is 1.23 bits per heavy atom. The minimum absolute atomic E-state index is 0.0533. The molecule has 0 aliphatic rings. The van der Waals surface area contributed by atoms with Gasteiger partial charge in [0.1, 0.15) is 10.8 Å². The van der Waals surface area contributed by atoms with Crippen LogP contribution in [0.4, 0.5) is 0 Å². The van der Waals surface area contributed by atoms with Gasteiger partial charge in [0.15, 0.2) is 6.61 Å². The van der Waals surface area contributed by atoms with Crippen LogP contribution in [0.5, 0.6) is 5.75 Å². The molecule has 0 aliphatic heterocycles. The van der Waals surface area contributed by atoms with E-state index in [1.165, 1.54) is 4.90 Å². The van der Waals surface area contributed by atoms with Gasteiger partial charge in [0.25, 0.3) is 5.91 Å². The summed E-state index contributed by atoms with van der Waals surface area (Å²) in [6.45, 7) is 6.53. The molecule has 2 aromatic rings. The minimum atomic E-state index is -0.0566. The van der Waals surface area contributed by atoms with Crippen LogP contribution in [0.1, 0.15) is 26.5 Å². The molecule has 0 unspecified atom stereocenters. The Balaban J connectivity index is 2.06. The van der Waals surface area contributed by atoms with Crippen molar-refractivity contribution in [2.75, 3.05) is 20.7 Å².